The van der Waals surface area contributed by atoms with E-state index in [1.54, 1.807) is 24.3 Å². The van der Waals surface area contributed by atoms with Gasteiger partial charge in [-0.2, -0.15) is 0 Å². The van der Waals surface area contributed by atoms with Crippen LogP contribution in [0.1, 0.15) is 51.3 Å². The maximum atomic E-state index is 12.8. The number of fused-ring (bicyclic) bond motifs is 1. The molecule has 1 aliphatic rings. The average molecular weight is 415 g/mol. The zero-order valence-electron chi connectivity index (χ0n) is 15.9. The molecule has 0 bridgehead atoms. The summed E-state index contributed by atoms with van der Waals surface area (Å²) in [6.07, 6.45) is -0.228. The fourth-order valence-corrected chi connectivity index (χ4v) is 3.11. The van der Waals surface area contributed by atoms with E-state index in [2.05, 4.69) is 5.32 Å². The quantitative estimate of drug-likeness (QED) is 0.578. The van der Waals surface area contributed by atoms with Crippen LogP contribution in [0.5, 0.6) is 0 Å². The van der Waals surface area contributed by atoms with Crippen molar-refractivity contribution in [3.8, 4) is 0 Å². The second-order valence-corrected chi connectivity index (χ2v) is 6.90. The number of para-hydroxylation sites is 1. The molecule has 0 aliphatic carbocycles. The van der Waals surface area contributed by atoms with Crippen molar-refractivity contribution < 1.29 is 23.9 Å². The molecule has 3 rings (SSSR count). The molecule has 1 N–H and O–H groups in total. The summed E-state index contributed by atoms with van der Waals surface area (Å²) >= 11 is 6.12. The van der Waals surface area contributed by atoms with Crippen LogP contribution in [0.15, 0.2) is 42.5 Å². The predicted octanol–water partition coefficient (Wildman–Crippen LogP) is 3.21. The molecule has 0 spiro atoms. The highest BCUT2D eigenvalue weighted by atomic mass is 35.5. The van der Waals surface area contributed by atoms with E-state index in [9.17, 15) is 19.2 Å². The normalized spacial score (nSPS) is 13.8. The van der Waals surface area contributed by atoms with Crippen LogP contribution in [0, 0.1) is 0 Å². The number of amides is 3. The Morgan fingerprint density at radius 3 is 2.48 bits per heavy atom. The topological polar surface area (TPSA) is 92.8 Å². The van der Waals surface area contributed by atoms with Gasteiger partial charge in [0.2, 0.25) is 0 Å². The van der Waals surface area contributed by atoms with Gasteiger partial charge in [-0.15, -0.1) is 0 Å². The van der Waals surface area contributed by atoms with Crippen molar-refractivity contribution in [3.05, 3.63) is 64.2 Å². The monoisotopic (exact) mass is 414 g/mol. The fourth-order valence-electron chi connectivity index (χ4n) is 2.89. The Morgan fingerprint density at radius 1 is 1.10 bits per heavy atom. The SMILES string of the molecule is CCCNC(=O)C(C)OC(=O)c1ccc2c(c1)C(=O)N(c1ccccc1Cl)C2=O. The molecule has 1 aliphatic heterocycles. The number of nitrogens with zero attached hydrogens (tertiary/aromatic N) is 1. The van der Waals surface area contributed by atoms with E-state index in [0.717, 1.165) is 11.3 Å². The van der Waals surface area contributed by atoms with Gasteiger partial charge in [0.25, 0.3) is 17.7 Å². The Kier molecular flexibility index (Phi) is 5.98. The molecule has 1 unspecified atom stereocenters. The molecule has 1 heterocycles. The van der Waals surface area contributed by atoms with Crippen molar-refractivity contribution in [1.82, 2.24) is 5.32 Å². The average Bonchev–Trinajstić information content (AvgIpc) is 2.96. The van der Waals surface area contributed by atoms with E-state index in [0.29, 0.717) is 6.54 Å². The summed E-state index contributed by atoms with van der Waals surface area (Å²) in [5.41, 5.74) is 0.583. The van der Waals surface area contributed by atoms with Gasteiger partial charge in [-0.25, -0.2) is 9.69 Å². The fraction of sp³-hybridized carbons (Fsp3) is 0.238. The first-order valence-corrected chi connectivity index (χ1v) is 9.49. The van der Waals surface area contributed by atoms with Crippen molar-refractivity contribution >= 4 is 41.0 Å². The van der Waals surface area contributed by atoms with E-state index in [4.69, 9.17) is 16.3 Å². The smallest absolute Gasteiger partial charge is 0.338 e. The van der Waals surface area contributed by atoms with Crippen LogP contribution in [0.25, 0.3) is 0 Å². The third kappa shape index (κ3) is 4.00. The number of benzene rings is 2. The van der Waals surface area contributed by atoms with Crippen molar-refractivity contribution in [2.45, 2.75) is 26.4 Å². The summed E-state index contributed by atoms with van der Waals surface area (Å²) < 4.78 is 5.17. The first-order valence-electron chi connectivity index (χ1n) is 9.11. The predicted molar refractivity (Wildman–Crippen MR) is 107 cm³/mol. The lowest BCUT2D eigenvalue weighted by molar-refractivity contribution is -0.129. The summed E-state index contributed by atoms with van der Waals surface area (Å²) in [6, 6.07) is 10.6. The van der Waals surface area contributed by atoms with E-state index in [1.807, 2.05) is 6.92 Å². The number of esters is 1. The number of carbonyl (C=O) groups excluding carboxylic acids is 4. The van der Waals surface area contributed by atoms with Crippen LogP contribution in [-0.4, -0.2) is 36.3 Å². The second kappa shape index (κ2) is 8.45. The van der Waals surface area contributed by atoms with Crippen LogP contribution < -0.4 is 10.2 Å². The van der Waals surface area contributed by atoms with Gasteiger partial charge in [0.1, 0.15) is 0 Å². The van der Waals surface area contributed by atoms with Gasteiger partial charge in [0.05, 0.1) is 27.4 Å². The minimum Gasteiger partial charge on any atom is -0.449 e. The minimum atomic E-state index is -0.987. The number of rotatable bonds is 6. The van der Waals surface area contributed by atoms with Crippen molar-refractivity contribution in [2.24, 2.45) is 0 Å². The van der Waals surface area contributed by atoms with Crippen LogP contribution in [0.3, 0.4) is 0 Å². The van der Waals surface area contributed by atoms with Crippen LogP contribution >= 0.6 is 11.6 Å². The van der Waals surface area contributed by atoms with Gasteiger partial charge in [0.15, 0.2) is 6.10 Å². The standard InChI is InChI=1S/C21H19ClN2O5/c1-3-10-23-18(25)12(2)29-21(28)13-8-9-14-15(11-13)20(27)24(19(14)26)17-7-5-4-6-16(17)22/h4-9,11-12H,3,10H2,1-2H3,(H,23,25). The zero-order chi connectivity index (χ0) is 21.1. The molecule has 0 radical (unpaired) electrons. The highest BCUT2D eigenvalue weighted by molar-refractivity contribution is 6.39. The van der Waals surface area contributed by atoms with Crippen molar-refractivity contribution in [2.75, 3.05) is 11.4 Å². The van der Waals surface area contributed by atoms with Crippen LogP contribution in [0.2, 0.25) is 5.02 Å². The lowest BCUT2D eigenvalue weighted by Crippen LogP contribution is -2.36. The zero-order valence-corrected chi connectivity index (χ0v) is 16.7. The number of hydrogen-bond acceptors (Lipinski definition) is 5. The van der Waals surface area contributed by atoms with E-state index >= 15 is 0 Å². The number of ether oxygens (including phenoxy) is 1. The summed E-state index contributed by atoms with van der Waals surface area (Å²) in [4.78, 5) is 50.7. The third-order valence-electron chi connectivity index (χ3n) is 4.42. The molecule has 3 amide bonds. The third-order valence-corrected chi connectivity index (χ3v) is 4.74. The van der Waals surface area contributed by atoms with Crippen molar-refractivity contribution in [3.63, 3.8) is 0 Å². The van der Waals surface area contributed by atoms with Crippen molar-refractivity contribution in [1.29, 1.82) is 0 Å². The lowest BCUT2D eigenvalue weighted by atomic mass is 10.1. The highest BCUT2D eigenvalue weighted by Crippen LogP contribution is 2.33. The molecule has 0 saturated carbocycles. The number of anilines is 1. The maximum absolute atomic E-state index is 12.8. The number of carbonyl (C=O) groups is 4. The van der Waals surface area contributed by atoms with Gasteiger partial charge in [0, 0.05) is 6.54 Å². The molecule has 0 fully saturated rings. The first-order chi connectivity index (χ1) is 13.8. The van der Waals surface area contributed by atoms with Gasteiger partial charge in [-0.3, -0.25) is 14.4 Å². The molecule has 7 nitrogen and oxygen atoms in total. The summed E-state index contributed by atoms with van der Waals surface area (Å²) in [7, 11) is 0. The van der Waals surface area contributed by atoms with Crippen LogP contribution in [-0.2, 0) is 9.53 Å². The van der Waals surface area contributed by atoms with E-state index < -0.39 is 29.8 Å². The molecule has 2 aromatic rings. The number of hydrogen-bond donors (Lipinski definition) is 1. The Balaban J connectivity index is 1.82. The van der Waals surface area contributed by atoms with Gasteiger partial charge < -0.3 is 10.1 Å². The Bertz CT molecular complexity index is 1000. The summed E-state index contributed by atoms with van der Waals surface area (Å²) in [5, 5.41) is 2.90. The Hall–Kier alpha value is -3.19. The lowest BCUT2D eigenvalue weighted by Gasteiger charge is -2.15. The Morgan fingerprint density at radius 2 is 1.79 bits per heavy atom. The first kappa shape index (κ1) is 20.5. The number of nitrogens with one attached hydrogen (secondary N) is 1. The summed E-state index contributed by atoms with van der Waals surface area (Å²) in [5.74, 6) is -2.27. The summed E-state index contributed by atoms with van der Waals surface area (Å²) in [6.45, 7) is 3.85. The molecular weight excluding hydrogens is 396 g/mol. The van der Waals surface area contributed by atoms with Crippen LogP contribution in [0.4, 0.5) is 5.69 Å². The molecule has 2 aromatic carbocycles. The number of halogens is 1. The van der Waals surface area contributed by atoms with Gasteiger partial charge in [-0.05, 0) is 43.7 Å². The number of imide groups is 1. The minimum absolute atomic E-state index is 0.0704. The molecule has 0 aromatic heterocycles. The molecule has 8 heteroatoms. The maximum Gasteiger partial charge on any atom is 0.338 e. The largest absolute Gasteiger partial charge is 0.449 e. The second-order valence-electron chi connectivity index (χ2n) is 6.50. The molecule has 0 saturated heterocycles. The Labute approximate surface area is 172 Å². The molecule has 150 valence electrons. The van der Waals surface area contributed by atoms with E-state index in [-0.39, 0.29) is 27.4 Å². The van der Waals surface area contributed by atoms with Gasteiger partial charge in [-0.1, -0.05) is 30.7 Å². The van der Waals surface area contributed by atoms with E-state index in [1.165, 1.54) is 25.1 Å². The van der Waals surface area contributed by atoms with Gasteiger partial charge >= 0.3 is 5.97 Å². The molecule has 1 atom stereocenters. The molecular formula is C21H19ClN2O5. The molecule has 29 heavy (non-hydrogen) atoms. The highest BCUT2D eigenvalue weighted by Gasteiger charge is 2.38.